The van der Waals surface area contributed by atoms with Crippen molar-refractivity contribution < 1.29 is 18.4 Å². The van der Waals surface area contributed by atoms with Crippen molar-refractivity contribution in [2.45, 2.75) is 4.90 Å². The number of nitrogens with zero attached hydrogens (tertiary/aromatic N) is 2. The van der Waals surface area contributed by atoms with Crippen LogP contribution in [0.5, 0.6) is 5.75 Å². The molecule has 0 fully saturated rings. The van der Waals surface area contributed by atoms with Crippen LogP contribution in [0.3, 0.4) is 0 Å². The van der Waals surface area contributed by atoms with E-state index in [1.807, 2.05) is 4.83 Å². The van der Waals surface area contributed by atoms with Gasteiger partial charge < -0.3 is 5.11 Å². The van der Waals surface area contributed by atoms with Gasteiger partial charge in [-0.25, -0.2) is 4.83 Å². The summed E-state index contributed by atoms with van der Waals surface area (Å²) in [4.78, 5) is 11.6. The fourth-order valence-corrected chi connectivity index (χ4v) is 2.98. The van der Waals surface area contributed by atoms with Crippen LogP contribution in [-0.4, -0.2) is 24.7 Å². The Bertz CT molecular complexity index is 908. The number of hydrogen-bond acceptors (Lipinski definition) is 6. The number of phenolic OH excluding ortho intramolecular Hbond substituents is 1. The Balaban J connectivity index is 2.21. The van der Waals surface area contributed by atoms with Crippen LogP contribution in [0.25, 0.3) is 0 Å². The van der Waals surface area contributed by atoms with Gasteiger partial charge in [-0.3, -0.25) is 10.1 Å². The average molecular weight is 390 g/mol. The number of halogens is 2. The van der Waals surface area contributed by atoms with Crippen molar-refractivity contribution in [1.82, 2.24) is 4.83 Å². The first-order chi connectivity index (χ1) is 11.2. The van der Waals surface area contributed by atoms with Crippen molar-refractivity contribution in [3.05, 3.63) is 62.1 Å². The molecule has 0 unspecified atom stereocenters. The maximum absolute atomic E-state index is 12.0. The number of nitro benzene ring substituents is 1. The number of nitro groups is 1. The summed E-state index contributed by atoms with van der Waals surface area (Å²) in [5, 5.41) is 23.6. The largest absolute Gasteiger partial charge is 0.505 e. The molecule has 0 aliphatic heterocycles. The molecule has 0 bridgehead atoms. The van der Waals surface area contributed by atoms with Gasteiger partial charge in [0, 0.05) is 12.1 Å². The van der Waals surface area contributed by atoms with Crippen LogP contribution in [0, 0.1) is 10.1 Å². The summed E-state index contributed by atoms with van der Waals surface area (Å²) in [6.07, 6.45) is 1.12. The smallest absolute Gasteiger partial charge is 0.276 e. The zero-order chi connectivity index (χ0) is 17.9. The average Bonchev–Trinajstić information content (AvgIpc) is 2.52. The highest BCUT2D eigenvalue weighted by Crippen LogP contribution is 2.32. The van der Waals surface area contributed by atoms with E-state index >= 15 is 0 Å². The standard InChI is InChI=1S/C13H9Cl2N3O5S/c14-11-4-8(5-12(15)13(11)19)7-16-17-24(22,23)10-3-1-2-9(6-10)18(20)21/h1-7,17,19H/b16-7+. The molecule has 8 nitrogen and oxygen atoms in total. The van der Waals surface area contributed by atoms with Gasteiger partial charge in [0.25, 0.3) is 15.7 Å². The Morgan fingerprint density at radius 2 is 1.83 bits per heavy atom. The number of aromatic hydroxyl groups is 1. The predicted octanol–water partition coefficient (Wildman–Crippen LogP) is 2.92. The third kappa shape index (κ3) is 4.13. The zero-order valence-electron chi connectivity index (χ0n) is 11.7. The Morgan fingerprint density at radius 3 is 2.42 bits per heavy atom. The van der Waals surface area contributed by atoms with Gasteiger partial charge in [0.1, 0.15) is 0 Å². The van der Waals surface area contributed by atoms with E-state index in [1.54, 1.807) is 0 Å². The van der Waals surface area contributed by atoms with Crippen molar-refractivity contribution in [3.63, 3.8) is 0 Å². The second-order valence-corrected chi connectivity index (χ2v) is 6.92. The highest BCUT2D eigenvalue weighted by molar-refractivity contribution is 7.89. The van der Waals surface area contributed by atoms with Crippen LogP contribution < -0.4 is 4.83 Å². The third-order valence-electron chi connectivity index (χ3n) is 2.76. The Labute approximate surface area is 146 Å². The molecular formula is C13H9Cl2N3O5S. The van der Waals surface area contributed by atoms with Crippen molar-refractivity contribution in [2.75, 3.05) is 0 Å². The summed E-state index contributed by atoms with van der Waals surface area (Å²) in [6.45, 7) is 0. The lowest BCUT2D eigenvalue weighted by Gasteiger charge is -2.04. The molecule has 2 aromatic carbocycles. The maximum Gasteiger partial charge on any atom is 0.276 e. The molecule has 0 saturated carbocycles. The minimum atomic E-state index is -4.08. The van der Waals surface area contributed by atoms with Crippen molar-refractivity contribution in [1.29, 1.82) is 0 Å². The molecule has 0 atom stereocenters. The van der Waals surface area contributed by atoms with Gasteiger partial charge in [-0.05, 0) is 23.8 Å². The van der Waals surface area contributed by atoms with E-state index in [2.05, 4.69) is 5.10 Å². The van der Waals surface area contributed by atoms with Gasteiger partial charge in [0.15, 0.2) is 5.75 Å². The van der Waals surface area contributed by atoms with Crippen LogP contribution in [0.1, 0.15) is 5.56 Å². The second kappa shape index (κ2) is 7.04. The van der Waals surface area contributed by atoms with Crippen LogP contribution in [0.2, 0.25) is 10.0 Å². The molecular weight excluding hydrogens is 381 g/mol. The zero-order valence-corrected chi connectivity index (χ0v) is 14.0. The van der Waals surface area contributed by atoms with Gasteiger partial charge in [-0.15, -0.1) is 0 Å². The van der Waals surface area contributed by atoms with E-state index in [4.69, 9.17) is 23.2 Å². The molecule has 0 saturated heterocycles. The van der Waals surface area contributed by atoms with Gasteiger partial charge >= 0.3 is 0 Å². The first-order valence-corrected chi connectivity index (χ1v) is 8.42. The number of hydrazone groups is 1. The Kier molecular flexibility index (Phi) is 5.27. The summed E-state index contributed by atoms with van der Waals surface area (Å²) >= 11 is 11.5. The maximum atomic E-state index is 12.0. The lowest BCUT2D eigenvalue weighted by Crippen LogP contribution is -2.18. The first-order valence-electron chi connectivity index (χ1n) is 6.18. The molecule has 126 valence electrons. The number of hydrogen-bond donors (Lipinski definition) is 2. The molecule has 24 heavy (non-hydrogen) atoms. The van der Waals surface area contributed by atoms with Crippen LogP contribution in [0.4, 0.5) is 5.69 Å². The topological polar surface area (TPSA) is 122 Å². The molecule has 0 spiro atoms. The highest BCUT2D eigenvalue weighted by Gasteiger charge is 2.16. The van der Waals surface area contributed by atoms with E-state index in [-0.39, 0.29) is 26.4 Å². The number of phenols is 1. The number of benzene rings is 2. The normalized spacial score (nSPS) is 11.6. The molecule has 0 aliphatic carbocycles. The molecule has 11 heteroatoms. The molecule has 0 radical (unpaired) electrons. The van der Waals surface area contributed by atoms with Gasteiger partial charge in [-0.2, -0.15) is 13.5 Å². The van der Waals surface area contributed by atoms with E-state index in [9.17, 15) is 23.6 Å². The van der Waals surface area contributed by atoms with E-state index in [0.29, 0.717) is 5.56 Å². The molecule has 2 aromatic rings. The summed E-state index contributed by atoms with van der Waals surface area (Å²) in [5.41, 5.74) is -0.0245. The SMILES string of the molecule is O=[N+]([O-])c1cccc(S(=O)(=O)N/N=C/c2cc(Cl)c(O)c(Cl)c2)c1. The summed E-state index contributed by atoms with van der Waals surface area (Å²) in [5.74, 6) is -0.298. The molecule has 2 rings (SSSR count). The van der Waals surface area contributed by atoms with E-state index in [1.165, 1.54) is 30.3 Å². The minimum Gasteiger partial charge on any atom is -0.505 e. The quantitative estimate of drug-likeness (QED) is 0.462. The van der Waals surface area contributed by atoms with Gasteiger partial charge in [-0.1, -0.05) is 29.3 Å². The second-order valence-electron chi connectivity index (χ2n) is 4.44. The molecule has 0 amide bonds. The van der Waals surface area contributed by atoms with Crippen molar-refractivity contribution in [3.8, 4) is 5.75 Å². The summed E-state index contributed by atoms with van der Waals surface area (Å²) < 4.78 is 24.1. The number of non-ortho nitro benzene ring substituents is 1. The monoisotopic (exact) mass is 389 g/mol. The Hall–Kier alpha value is -2.36. The first kappa shape index (κ1) is 18.0. The number of rotatable bonds is 5. The fourth-order valence-electron chi connectivity index (χ4n) is 1.65. The Morgan fingerprint density at radius 1 is 1.21 bits per heavy atom. The third-order valence-corrected chi connectivity index (χ3v) is 4.56. The molecule has 0 aromatic heterocycles. The van der Waals surface area contributed by atoms with Gasteiger partial charge in [0.05, 0.1) is 26.1 Å². The lowest BCUT2D eigenvalue weighted by molar-refractivity contribution is -0.385. The van der Waals surface area contributed by atoms with Crippen LogP contribution in [0.15, 0.2) is 46.4 Å². The fraction of sp³-hybridized carbons (Fsp3) is 0. The van der Waals surface area contributed by atoms with Crippen molar-refractivity contribution >= 4 is 45.1 Å². The number of sulfonamides is 1. The summed E-state index contributed by atoms with van der Waals surface area (Å²) in [6, 6.07) is 7.17. The molecule has 0 aliphatic rings. The highest BCUT2D eigenvalue weighted by atomic mass is 35.5. The van der Waals surface area contributed by atoms with Crippen molar-refractivity contribution in [2.24, 2.45) is 5.10 Å². The minimum absolute atomic E-state index is 0.0227. The number of nitrogens with one attached hydrogen (secondary N) is 1. The molecule has 2 N–H and O–H groups in total. The summed E-state index contributed by atoms with van der Waals surface area (Å²) in [7, 11) is -4.08. The lowest BCUT2D eigenvalue weighted by atomic mass is 10.2. The van der Waals surface area contributed by atoms with Crippen LogP contribution in [-0.2, 0) is 10.0 Å². The van der Waals surface area contributed by atoms with Gasteiger partial charge in [0.2, 0.25) is 0 Å². The van der Waals surface area contributed by atoms with E-state index < -0.39 is 14.9 Å². The molecule has 0 heterocycles. The predicted molar refractivity (Wildman–Crippen MR) is 89.1 cm³/mol. The van der Waals surface area contributed by atoms with E-state index in [0.717, 1.165) is 12.3 Å². The van der Waals surface area contributed by atoms with Crippen LogP contribution >= 0.6 is 23.2 Å².